The number of nitrogens with zero attached hydrogens (tertiary/aromatic N) is 5. The highest BCUT2D eigenvalue weighted by molar-refractivity contribution is 5.97. The quantitative estimate of drug-likeness (QED) is 0.566. The van der Waals surface area contributed by atoms with Gasteiger partial charge in [0.05, 0.1) is 24.0 Å². The number of aryl methyl sites for hydroxylation is 1. The second-order valence-corrected chi connectivity index (χ2v) is 7.65. The van der Waals surface area contributed by atoms with Gasteiger partial charge >= 0.3 is 24.3 Å². The second kappa shape index (κ2) is 11.8. The second-order valence-electron chi connectivity index (χ2n) is 7.65. The van der Waals surface area contributed by atoms with E-state index >= 15 is 0 Å². The molecule has 202 valence electrons. The molecule has 0 bridgehead atoms. The Kier molecular flexibility index (Phi) is 9.36. The van der Waals surface area contributed by atoms with Crippen LogP contribution in [0.4, 0.5) is 38.0 Å². The van der Waals surface area contributed by atoms with Crippen molar-refractivity contribution in [3.8, 4) is 0 Å². The van der Waals surface area contributed by atoms with E-state index in [2.05, 4.69) is 26.8 Å². The molecule has 0 aromatic carbocycles. The summed E-state index contributed by atoms with van der Waals surface area (Å²) in [6.45, 7) is 2.97. The lowest BCUT2D eigenvalue weighted by Gasteiger charge is -2.25. The van der Waals surface area contributed by atoms with Crippen LogP contribution in [0.1, 0.15) is 25.3 Å². The molecule has 10 nitrogen and oxygen atoms in total. The van der Waals surface area contributed by atoms with Crippen molar-refractivity contribution in [1.82, 2.24) is 15.0 Å². The summed E-state index contributed by atoms with van der Waals surface area (Å²) < 4.78 is 63.5. The highest BCUT2D eigenvalue weighted by atomic mass is 19.4. The molecule has 37 heavy (non-hydrogen) atoms. The third-order valence-electron chi connectivity index (χ3n) is 5.26. The molecule has 1 amide bonds. The van der Waals surface area contributed by atoms with E-state index < -0.39 is 24.3 Å². The summed E-state index contributed by atoms with van der Waals surface area (Å²) in [6, 6.07) is 4.15. The number of carboxylic acid groups (broad SMARTS) is 2. The predicted octanol–water partition coefficient (Wildman–Crippen LogP) is 3.08. The number of carbonyl (C=O) groups is 3. The number of hydrogen-bond acceptors (Lipinski definition) is 7. The van der Waals surface area contributed by atoms with Crippen molar-refractivity contribution in [2.24, 2.45) is 0 Å². The lowest BCUT2D eigenvalue weighted by Crippen LogP contribution is -2.38. The van der Waals surface area contributed by atoms with Crippen LogP contribution in [-0.4, -0.2) is 74.0 Å². The molecule has 2 fully saturated rings. The highest BCUT2D eigenvalue weighted by Gasteiger charge is 2.48. The number of aromatic nitrogens is 3. The Bertz CT molecular complexity index is 1060. The topological polar surface area (TPSA) is 137 Å². The Balaban J connectivity index is 0.000000286. The third kappa shape index (κ3) is 7.75. The number of fused-ring (bicyclic) bond motifs is 1. The monoisotopic (exact) mass is 537 g/mol. The molecule has 4 heterocycles. The third-order valence-corrected chi connectivity index (χ3v) is 5.26. The van der Waals surface area contributed by atoms with E-state index in [9.17, 15) is 31.1 Å². The Labute approximate surface area is 205 Å². The van der Waals surface area contributed by atoms with Crippen LogP contribution in [0.3, 0.4) is 0 Å². The van der Waals surface area contributed by atoms with E-state index in [1.807, 2.05) is 29.4 Å². The first kappa shape index (κ1) is 29.3. The molecule has 0 saturated carbocycles. The van der Waals surface area contributed by atoms with Crippen molar-refractivity contribution >= 4 is 29.5 Å². The summed E-state index contributed by atoms with van der Waals surface area (Å²) in [5.74, 6) is -4.63. The lowest BCUT2D eigenvalue weighted by atomic mass is 10.1. The van der Waals surface area contributed by atoms with Gasteiger partial charge in [0.2, 0.25) is 11.9 Å². The summed E-state index contributed by atoms with van der Waals surface area (Å²) in [4.78, 5) is 47.5. The van der Waals surface area contributed by atoms with E-state index in [0.717, 1.165) is 36.6 Å². The number of rotatable bonds is 3. The molecule has 2 N–H and O–H groups in total. The largest absolute Gasteiger partial charge is 0.490 e. The number of pyridine rings is 1. The van der Waals surface area contributed by atoms with Crippen molar-refractivity contribution in [2.75, 3.05) is 16.3 Å². The van der Waals surface area contributed by atoms with Gasteiger partial charge in [0.25, 0.3) is 0 Å². The van der Waals surface area contributed by atoms with Crippen LogP contribution < -0.4 is 9.80 Å². The number of aliphatic carboxylic acids is 2. The van der Waals surface area contributed by atoms with E-state index in [0.29, 0.717) is 6.42 Å². The van der Waals surface area contributed by atoms with E-state index in [4.69, 9.17) is 19.8 Å². The van der Waals surface area contributed by atoms with Crippen molar-refractivity contribution in [3.05, 3.63) is 42.5 Å². The van der Waals surface area contributed by atoms with Crippen LogP contribution in [0.25, 0.3) is 0 Å². The van der Waals surface area contributed by atoms with Gasteiger partial charge in [0.1, 0.15) is 0 Å². The predicted molar refractivity (Wildman–Crippen MR) is 115 cm³/mol. The van der Waals surface area contributed by atoms with E-state index in [1.54, 1.807) is 12.4 Å². The summed E-state index contributed by atoms with van der Waals surface area (Å²) in [5.41, 5.74) is 2.01. The van der Waals surface area contributed by atoms with Crippen LogP contribution in [0.15, 0.2) is 36.9 Å². The number of amides is 1. The molecular formula is C21H21F6N5O5. The minimum atomic E-state index is -5.08. The summed E-state index contributed by atoms with van der Waals surface area (Å²) in [6.07, 6.45) is -0.542. The fraction of sp³-hybridized carbons (Fsp3) is 0.429. The van der Waals surface area contributed by atoms with Gasteiger partial charge in [0, 0.05) is 31.6 Å². The normalized spacial score (nSPS) is 18.8. The minimum Gasteiger partial charge on any atom is -0.475 e. The average Bonchev–Trinajstić information content (AvgIpc) is 3.37. The highest BCUT2D eigenvalue weighted by Crippen LogP contribution is 2.37. The lowest BCUT2D eigenvalue weighted by molar-refractivity contribution is -0.193. The summed E-state index contributed by atoms with van der Waals surface area (Å²) in [5, 5.41) is 14.2. The Morgan fingerprint density at radius 3 is 1.97 bits per heavy atom. The molecule has 0 aliphatic carbocycles. The molecule has 0 unspecified atom stereocenters. The molecule has 16 heteroatoms. The van der Waals surface area contributed by atoms with Crippen LogP contribution in [0, 0.1) is 0 Å². The van der Waals surface area contributed by atoms with Crippen molar-refractivity contribution in [1.29, 1.82) is 0 Å². The number of carbonyl (C=O) groups excluding carboxylic acids is 1. The number of halogens is 6. The van der Waals surface area contributed by atoms with Crippen LogP contribution in [-0.2, 0) is 20.8 Å². The van der Waals surface area contributed by atoms with Crippen molar-refractivity contribution in [3.63, 3.8) is 0 Å². The average molecular weight is 537 g/mol. The molecular weight excluding hydrogens is 516 g/mol. The smallest absolute Gasteiger partial charge is 0.475 e. The van der Waals surface area contributed by atoms with Gasteiger partial charge in [-0.05, 0) is 30.5 Å². The zero-order chi connectivity index (χ0) is 28.0. The van der Waals surface area contributed by atoms with Crippen molar-refractivity contribution in [2.45, 2.75) is 50.6 Å². The van der Waals surface area contributed by atoms with Gasteiger partial charge in [-0.2, -0.15) is 26.3 Å². The van der Waals surface area contributed by atoms with Crippen LogP contribution in [0.5, 0.6) is 0 Å². The number of anilines is 2. The summed E-state index contributed by atoms with van der Waals surface area (Å²) in [7, 11) is 0. The standard InChI is InChI=1S/C17H19N5O.2C2HF3O2/c1-2-12-9-19-17(20-10-12)21-7-5-14-15(21)8-16(23)22(14)13-4-3-6-18-11-13;2*3-2(4,5)1(6)7/h3-4,6,9-11,14-15H,2,5,7-8H2,1H3;2*(H,6,7)/t14-,15+;;/m0../s1. The van der Waals surface area contributed by atoms with Crippen molar-refractivity contribution < 1.29 is 50.9 Å². The SMILES string of the molecule is CCc1cnc(N2CC[C@H]3[C@H]2CC(=O)N3c2cccnc2)nc1.O=C(O)C(F)(F)F.O=C(O)C(F)(F)F. The molecule has 0 spiro atoms. The molecule has 0 radical (unpaired) electrons. The zero-order valence-corrected chi connectivity index (χ0v) is 19.1. The first-order valence-corrected chi connectivity index (χ1v) is 10.6. The Hall–Kier alpha value is -3.98. The van der Waals surface area contributed by atoms with Gasteiger partial charge in [-0.3, -0.25) is 9.78 Å². The maximum Gasteiger partial charge on any atom is 0.490 e. The van der Waals surface area contributed by atoms with E-state index in [-0.39, 0.29) is 18.0 Å². The zero-order valence-electron chi connectivity index (χ0n) is 19.1. The molecule has 2 saturated heterocycles. The number of hydrogen-bond donors (Lipinski definition) is 2. The fourth-order valence-corrected chi connectivity index (χ4v) is 3.61. The minimum absolute atomic E-state index is 0.148. The first-order valence-electron chi connectivity index (χ1n) is 10.6. The van der Waals surface area contributed by atoms with Crippen LogP contribution in [0.2, 0.25) is 0 Å². The van der Waals surface area contributed by atoms with Gasteiger partial charge < -0.3 is 20.0 Å². The molecule has 2 atom stereocenters. The van der Waals surface area contributed by atoms with E-state index in [1.165, 1.54) is 0 Å². The molecule has 2 aliphatic heterocycles. The molecule has 2 aromatic rings. The Morgan fingerprint density at radius 1 is 1.00 bits per heavy atom. The maximum atomic E-state index is 12.5. The number of carboxylic acids is 2. The fourth-order valence-electron chi connectivity index (χ4n) is 3.61. The number of alkyl halides is 6. The van der Waals surface area contributed by atoms with Gasteiger partial charge in [-0.15, -0.1) is 0 Å². The first-order chi connectivity index (χ1) is 17.2. The van der Waals surface area contributed by atoms with Crippen LogP contribution >= 0.6 is 0 Å². The summed E-state index contributed by atoms with van der Waals surface area (Å²) >= 11 is 0. The maximum absolute atomic E-state index is 12.5. The van der Waals surface area contributed by atoms with Gasteiger partial charge in [-0.1, -0.05) is 6.92 Å². The molecule has 2 aromatic heterocycles. The molecule has 2 aliphatic rings. The van der Waals surface area contributed by atoms with Gasteiger partial charge in [-0.25, -0.2) is 19.6 Å². The van der Waals surface area contributed by atoms with Gasteiger partial charge in [0.15, 0.2) is 0 Å². The molecule has 4 rings (SSSR count). The Morgan fingerprint density at radius 2 is 1.54 bits per heavy atom.